The Balaban J connectivity index is 0.000000532. The Labute approximate surface area is 225 Å². The number of rotatable bonds is 5. The number of carboxylic acids is 1. The molecule has 0 spiro atoms. The highest BCUT2D eigenvalue weighted by Crippen LogP contribution is 2.41. The smallest absolute Gasteiger partial charge is 0.490 e. The van der Waals surface area contributed by atoms with Crippen molar-refractivity contribution in [1.29, 1.82) is 0 Å². The minimum absolute atomic E-state index is 0.0179. The molecule has 1 atom stereocenters. The molecule has 1 unspecified atom stereocenters. The Morgan fingerprint density at radius 2 is 1.69 bits per heavy atom. The van der Waals surface area contributed by atoms with E-state index in [0.29, 0.717) is 11.4 Å². The number of carbonyl (C=O) groups is 2. The number of alkyl halides is 3. The van der Waals surface area contributed by atoms with Gasteiger partial charge in [-0.25, -0.2) is 13.2 Å². The number of likely N-dealkylation sites (N-methyl/N-ethyl adjacent to an activating group) is 1. The van der Waals surface area contributed by atoms with Crippen molar-refractivity contribution < 1.29 is 41.0 Å². The monoisotopic (exact) mass is 571 g/mol. The average Bonchev–Trinajstić information content (AvgIpc) is 3.28. The van der Waals surface area contributed by atoms with Gasteiger partial charge in [0.15, 0.2) is 0 Å². The first kappa shape index (κ1) is 30.2. The van der Waals surface area contributed by atoms with E-state index in [1.807, 2.05) is 37.1 Å². The lowest BCUT2D eigenvalue weighted by atomic mass is 9.97. The molecule has 0 saturated carbocycles. The number of benzene rings is 2. The first-order valence-corrected chi connectivity index (χ1v) is 13.6. The molecule has 2 heterocycles. The van der Waals surface area contributed by atoms with Crippen LogP contribution in [0.5, 0.6) is 5.75 Å². The number of hydrogen-bond donors (Lipinski definition) is 1. The van der Waals surface area contributed by atoms with Crippen LogP contribution in [0.15, 0.2) is 47.4 Å². The molecule has 1 saturated heterocycles. The zero-order valence-electron chi connectivity index (χ0n) is 22.1. The van der Waals surface area contributed by atoms with E-state index < -0.39 is 28.1 Å². The van der Waals surface area contributed by atoms with E-state index in [4.69, 9.17) is 14.6 Å². The van der Waals surface area contributed by atoms with Gasteiger partial charge in [-0.1, -0.05) is 18.2 Å². The SMILES string of the molecule is COc1ccc(S(=O)(=O)N2CC(C(=O)N(C)C3CCN(C)CC3)c3ccccc32)cc1C.O=C(O)C(F)(F)F. The predicted octanol–water partition coefficient (Wildman–Crippen LogP) is 3.48. The number of carbonyl (C=O) groups excluding carboxylic acids is 1. The van der Waals surface area contributed by atoms with Crippen LogP contribution in [0.2, 0.25) is 0 Å². The molecular formula is C26H32F3N3O6S. The Morgan fingerprint density at radius 1 is 1.10 bits per heavy atom. The second-order valence-corrected chi connectivity index (χ2v) is 11.4. The van der Waals surface area contributed by atoms with E-state index in [9.17, 15) is 26.4 Å². The number of carboxylic acid groups (broad SMARTS) is 1. The normalized spacial score (nSPS) is 18.1. The molecule has 1 amide bonds. The summed E-state index contributed by atoms with van der Waals surface area (Å²) in [5, 5.41) is 7.12. The maximum atomic E-state index is 13.6. The molecule has 2 aromatic carbocycles. The summed E-state index contributed by atoms with van der Waals surface area (Å²) in [6.07, 6.45) is -3.22. The fourth-order valence-electron chi connectivity index (χ4n) is 4.76. The molecule has 1 N–H and O–H groups in total. The lowest BCUT2D eigenvalue weighted by Gasteiger charge is -2.36. The van der Waals surface area contributed by atoms with Gasteiger partial charge in [-0.05, 0) is 75.3 Å². The highest BCUT2D eigenvalue weighted by molar-refractivity contribution is 7.92. The summed E-state index contributed by atoms with van der Waals surface area (Å²) in [4.78, 5) is 26.7. The molecule has 2 aromatic rings. The number of sulfonamides is 1. The van der Waals surface area contributed by atoms with Crippen molar-refractivity contribution in [2.45, 2.75) is 42.8 Å². The standard InChI is InChI=1S/C24H31N3O4S.C2HF3O2/c1-17-15-19(9-10-23(17)31-4)32(29,30)27-16-21(20-7-5-6-8-22(20)27)24(28)26(3)18-11-13-25(2)14-12-18;3-2(4,5)1(6)7/h5-10,15,18,21H,11-14,16H2,1-4H3;(H,6,7). The van der Waals surface area contributed by atoms with E-state index in [1.54, 1.807) is 31.4 Å². The summed E-state index contributed by atoms with van der Waals surface area (Å²) in [6, 6.07) is 12.4. The number of hydrogen-bond acceptors (Lipinski definition) is 6. The lowest BCUT2D eigenvalue weighted by Crippen LogP contribution is -2.46. The number of aryl methyl sites for hydroxylation is 1. The van der Waals surface area contributed by atoms with Crippen LogP contribution in [0.3, 0.4) is 0 Å². The molecule has 13 heteroatoms. The van der Waals surface area contributed by atoms with Crippen molar-refractivity contribution in [1.82, 2.24) is 9.80 Å². The number of ether oxygens (including phenoxy) is 1. The summed E-state index contributed by atoms with van der Waals surface area (Å²) < 4.78 is 65.6. The maximum absolute atomic E-state index is 13.6. The van der Waals surface area contributed by atoms with Crippen LogP contribution in [0.1, 0.15) is 29.9 Å². The maximum Gasteiger partial charge on any atom is 0.490 e. The molecule has 0 radical (unpaired) electrons. The Hall–Kier alpha value is -3.32. The van der Waals surface area contributed by atoms with Crippen LogP contribution >= 0.6 is 0 Å². The third kappa shape index (κ3) is 6.64. The van der Waals surface area contributed by atoms with Gasteiger partial charge in [0.1, 0.15) is 5.75 Å². The number of methoxy groups -OCH3 is 1. The van der Waals surface area contributed by atoms with Gasteiger partial charge in [0.2, 0.25) is 5.91 Å². The van der Waals surface area contributed by atoms with E-state index in [0.717, 1.165) is 37.1 Å². The number of amides is 1. The Kier molecular flexibility index (Phi) is 9.16. The fraction of sp³-hybridized carbons (Fsp3) is 0.462. The molecular weight excluding hydrogens is 539 g/mol. The first-order chi connectivity index (χ1) is 18.2. The molecule has 214 valence electrons. The zero-order valence-corrected chi connectivity index (χ0v) is 22.9. The van der Waals surface area contributed by atoms with Crippen molar-refractivity contribution in [2.75, 3.05) is 45.1 Å². The molecule has 39 heavy (non-hydrogen) atoms. The quantitative estimate of drug-likeness (QED) is 0.586. The predicted molar refractivity (Wildman–Crippen MR) is 138 cm³/mol. The molecule has 4 rings (SSSR count). The number of fused-ring (bicyclic) bond motifs is 1. The summed E-state index contributed by atoms with van der Waals surface area (Å²) in [7, 11) is 1.68. The van der Waals surface area contributed by atoms with Gasteiger partial charge in [0.25, 0.3) is 10.0 Å². The largest absolute Gasteiger partial charge is 0.496 e. The number of halogens is 3. The fourth-order valence-corrected chi connectivity index (χ4v) is 6.35. The van der Waals surface area contributed by atoms with Gasteiger partial charge in [0, 0.05) is 13.1 Å². The molecule has 2 aliphatic rings. The number of piperidine rings is 1. The average molecular weight is 572 g/mol. The summed E-state index contributed by atoms with van der Waals surface area (Å²) in [5.74, 6) is -2.65. The highest BCUT2D eigenvalue weighted by Gasteiger charge is 2.42. The van der Waals surface area contributed by atoms with Gasteiger partial charge in [0.05, 0.1) is 30.2 Å². The molecule has 9 nitrogen and oxygen atoms in total. The number of aliphatic carboxylic acids is 1. The highest BCUT2D eigenvalue weighted by atomic mass is 32.2. The molecule has 2 aliphatic heterocycles. The summed E-state index contributed by atoms with van der Waals surface area (Å²) in [5.41, 5.74) is 2.10. The van der Waals surface area contributed by atoms with Crippen LogP contribution in [0.4, 0.5) is 18.9 Å². The summed E-state index contributed by atoms with van der Waals surface area (Å²) in [6.45, 7) is 3.85. The third-order valence-electron chi connectivity index (χ3n) is 7.01. The first-order valence-electron chi connectivity index (χ1n) is 12.2. The molecule has 0 aliphatic carbocycles. The van der Waals surface area contributed by atoms with Crippen molar-refractivity contribution in [3.8, 4) is 5.75 Å². The second kappa shape index (κ2) is 11.8. The Bertz CT molecular complexity index is 1310. The van der Waals surface area contributed by atoms with E-state index in [1.165, 1.54) is 4.31 Å². The van der Waals surface area contributed by atoms with E-state index >= 15 is 0 Å². The van der Waals surface area contributed by atoms with Crippen LogP contribution in [0, 0.1) is 6.92 Å². The van der Waals surface area contributed by atoms with Crippen LogP contribution in [0.25, 0.3) is 0 Å². The van der Waals surface area contributed by atoms with Gasteiger partial charge in [-0.3, -0.25) is 9.10 Å². The van der Waals surface area contributed by atoms with Gasteiger partial charge >= 0.3 is 12.1 Å². The number of nitrogens with zero attached hydrogens (tertiary/aromatic N) is 3. The third-order valence-corrected chi connectivity index (χ3v) is 8.78. The van der Waals surface area contributed by atoms with E-state index in [2.05, 4.69) is 11.9 Å². The lowest BCUT2D eigenvalue weighted by molar-refractivity contribution is -0.192. The topological polar surface area (TPSA) is 107 Å². The van der Waals surface area contributed by atoms with Gasteiger partial charge in [-0.2, -0.15) is 13.2 Å². The zero-order chi connectivity index (χ0) is 29.1. The van der Waals surface area contributed by atoms with Crippen molar-refractivity contribution in [2.24, 2.45) is 0 Å². The van der Waals surface area contributed by atoms with Crippen molar-refractivity contribution in [3.63, 3.8) is 0 Å². The minimum Gasteiger partial charge on any atom is -0.496 e. The number of likely N-dealkylation sites (tertiary alicyclic amines) is 1. The van der Waals surface area contributed by atoms with Crippen molar-refractivity contribution >= 4 is 27.6 Å². The van der Waals surface area contributed by atoms with E-state index in [-0.39, 0.29) is 23.4 Å². The van der Waals surface area contributed by atoms with Crippen LogP contribution in [-0.4, -0.2) is 88.3 Å². The van der Waals surface area contributed by atoms with Gasteiger partial charge in [-0.15, -0.1) is 0 Å². The summed E-state index contributed by atoms with van der Waals surface area (Å²) >= 11 is 0. The Morgan fingerprint density at radius 3 is 2.23 bits per heavy atom. The number of anilines is 1. The van der Waals surface area contributed by atoms with Crippen LogP contribution in [-0.2, 0) is 19.6 Å². The van der Waals surface area contributed by atoms with Gasteiger partial charge < -0.3 is 19.6 Å². The molecule has 0 aromatic heterocycles. The molecule has 1 fully saturated rings. The van der Waals surface area contributed by atoms with Crippen molar-refractivity contribution in [3.05, 3.63) is 53.6 Å². The minimum atomic E-state index is -5.08. The second-order valence-electron chi connectivity index (χ2n) is 9.57. The number of para-hydroxylation sites is 1. The molecule has 0 bridgehead atoms. The van der Waals surface area contributed by atoms with Crippen LogP contribution < -0.4 is 9.04 Å².